The highest BCUT2D eigenvalue weighted by molar-refractivity contribution is 6.01. The van der Waals surface area contributed by atoms with E-state index in [1.54, 1.807) is 42.5 Å². The molecule has 0 radical (unpaired) electrons. The van der Waals surface area contributed by atoms with Gasteiger partial charge in [0.25, 0.3) is 5.91 Å². The van der Waals surface area contributed by atoms with Crippen LogP contribution in [-0.4, -0.2) is 31.2 Å². The summed E-state index contributed by atoms with van der Waals surface area (Å²) in [7, 11) is 0. The molecule has 0 aromatic heterocycles. The first kappa shape index (κ1) is 21.4. The van der Waals surface area contributed by atoms with Crippen LogP contribution in [0.15, 0.2) is 66.7 Å². The maximum absolute atomic E-state index is 12.5. The summed E-state index contributed by atoms with van der Waals surface area (Å²) in [6, 6.07) is 19.1. The van der Waals surface area contributed by atoms with E-state index < -0.39 is 24.6 Å². The molecule has 3 aromatic carbocycles. The third kappa shape index (κ3) is 5.59. The van der Waals surface area contributed by atoms with Crippen molar-refractivity contribution in [3.05, 3.63) is 83.4 Å². The lowest BCUT2D eigenvalue weighted by Crippen LogP contribution is -2.34. The summed E-state index contributed by atoms with van der Waals surface area (Å²) < 4.78 is 42.7. The van der Waals surface area contributed by atoms with Gasteiger partial charge in [-0.1, -0.05) is 48.5 Å². The molecule has 30 heavy (non-hydrogen) atoms. The topological polar surface area (TPSA) is 55.4 Å². The Kier molecular flexibility index (Phi) is 6.72. The van der Waals surface area contributed by atoms with Gasteiger partial charge in [0.2, 0.25) is 0 Å². The fraction of sp³-hybridized carbons (Fsp3) is 0.217. The van der Waals surface area contributed by atoms with Crippen LogP contribution in [0.4, 0.5) is 13.2 Å². The van der Waals surface area contributed by atoms with Gasteiger partial charge in [-0.15, -0.1) is 0 Å². The number of hydrogen-bond donors (Lipinski definition) is 1. The van der Waals surface area contributed by atoms with Gasteiger partial charge >= 0.3 is 12.1 Å². The zero-order valence-corrected chi connectivity index (χ0v) is 16.0. The Hall–Kier alpha value is -3.35. The minimum atomic E-state index is -4.49. The molecule has 156 valence electrons. The lowest BCUT2D eigenvalue weighted by Gasteiger charge is -2.14. The van der Waals surface area contributed by atoms with Gasteiger partial charge in [-0.25, -0.2) is 4.79 Å². The molecule has 0 saturated carbocycles. The largest absolute Gasteiger partial charge is 0.462 e. The molecule has 0 unspecified atom stereocenters. The van der Waals surface area contributed by atoms with E-state index in [0.717, 1.165) is 10.8 Å². The van der Waals surface area contributed by atoms with E-state index in [1.165, 1.54) is 6.07 Å². The number of halogens is 3. The van der Waals surface area contributed by atoms with Gasteiger partial charge in [-0.3, -0.25) is 4.79 Å². The number of amides is 1. The number of nitrogens with one attached hydrogen (secondary N) is 1. The number of alkyl halides is 3. The van der Waals surface area contributed by atoms with Gasteiger partial charge in [0, 0.05) is 5.56 Å². The second-order valence-electron chi connectivity index (χ2n) is 6.72. The number of carbonyl (C=O) groups excluding carboxylic acids is 2. The molecule has 3 rings (SSSR count). The van der Waals surface area contributed by atoms with Crippen LogP contribution in [-0.2, 0) is 11.2 Å². The second-order valence-corrected chi connectivity index (χ2v) is 6.72. The van der Waals surface area contributed by atoms with Crippen LogP contribution in [0.1, 0.15) is 32.7 Å². The average molecular weight is 415 g/mol. The van der Waals surface area contributed by atoms with Crippen molar-refractivity contribution < 1.29 is 27.5 Å². The SMILES string of the molecule is O=C(OCCCc1c(C(=O)NCC(F)(F)F)ccc2ccccc12)c1ccccc1. The van der Waals surface area contributed by atoms with Gasteiger partial charge in [0.1, 0.15) is 6.54 Å². The predicted octanol–water partition coefficient (Wildman–Crippen LogP) is 4.92. The van der Waals surface area contributed by atoms with Gasteiger partial charge in [0.05, 0.1) is 12.2 Å². The van der Waals surface area contributed by atoms with Crippen LogP contribution in [0.5, 0.6) is 0 Å². The Labute approximate surface area is 171 Å². The Morgan fingerprint density at radius 1 is 0.900 bits per heavy atom. The van der Waals surface area contributed by atoms with Crippen molar-refractivity contribution in [2.75, 3.05) is 13.2 Å². The highest BCUT2D eigenvalue weighted by Gasteiger charge is 2.28. The number of ether oxygens (including phenoxy) is 1. The summed E-state index contributed by atoms with van der Waals surface area (Å²) in [5.74, 6) is -1.23. The van der Waals surface area contributed by atoms with Crippen LogP contribution in [0.25, 0.3) is 10.8 Å². The molecule has 3 aromatic rings. The quantitative estimate of drug-likeness (QED) is 0.440. The summed E-state index contributed by atoms with van der Waals surface area (Å²) in [4.78, 5) is 24.4. The lowest BCUT2D eigenvalue weighted by atomic mass is 9.95. The van der Waals surface area contributed by atoms with Crippen molar-refractivity contribution in [1.82, 2.24) is 5.32 Å². The van der Waals surface area contributed by atoms with Crippen LogP contribution >= 0.6 is 0 Å². The van der Waals surface area contributed by atoms with E-state index in [0.29, 0.717) is 24.0 Å². The fourth-order valence-electron chi connectivity index (χ4n) is 3.17. The van der Waals surface area contributed by atoms with Crippen LogP contribution in [0, 0.1) is 0 Å². The standard InChI is InChI=1S/C23H20F3NO3/c24-23(25,26)15-27-21(28)20-13-12-16-7-4-5-10-18(16)19(20)11-6-14-30-22(29)17-8-2-1-3-9-17/h1-5,7-10,12-13H,6,11,14-15H2,(H,27,28). The molecule has 0 bridgehead atoms. The molecule has 0 atom stereocenters. The van der Waals surface area contributed by atoms with Gasteiger partial charge in [0.15, 0.2) is 0 Å². The minimum absolute atomic E-state index is 0.126. The zero-order valence-electron chi connectivity index (χ0n) is 16.0. The van der Waals surface area contributed by atoms with E-state index in [1.807, 2.05) is 23.5 Å². The molecule has 4 nitrogen and oxygen atoms in total. The van der Waals surface area contributed by atoms with Crippen molar-refractivity contribution in [2.45, 2.75) is 19.0 Å². The third-order valence-corrected chi connectivity index (χ3v) is 4.55. The molecule has 0 saturated heterocycles. The lowest BCUT2D eigenvalue weighted by molar-refractivity contribution is -0.123. The van der Waals surface area contributed by atoms with Crippen molar-refractivity contribution in [2.24, 2.45) is 0 Å². The summed E-state index contributed by atoms with van der Waals surface area (Å²) in [6.45, 7) is -1.27. The predicted molar refractivity (Wildman–Crippen MR) is 107 cm³/mol. The number of fused-ring (bicyclic) bond motifs is 1. The molecule has 0 aliphatic heterocycles. The number of aryl methyl sites for hydroxylation is 1. The van der Waals surface area contributed by atoms with E-state index in [9.17, 15) is 22.8 Å². The summed E-state index contributed by atoms with van der Waals surface area (Å²) >= 11 is 0. The van der Waals surface area contributed by atoms with Crippen LogP contribution < -0.4 is 5.32 Å². The Morgan fingerprint density at radius 3 is 2.33 bits per heavy atom. The van der Waals surface area contributed by atoms with Crippen molar-refractivity contribution in [3.63, 3.8) is 0 Å². The number of benzene rings is 3. The van der Waals surface area contributed by atoms with Gasteiger partial charge < -0.3 is 10.1 Å². The Morgan fingerprint density at radius 2 is 1.60 bits per heavy atom. The molecular formula is C23H20F3NO3. The maximum atomic E-state index is 12.5. The van der Waals surface area contributed by atoms with Crippen molar-refractivity contribution in [3.8, 4) is 0 Å². The third-order valence-electron chi connectivity index (χ3n) is 4.55. The van der Waals surface area contributed by atoms with Gasteiger partial charge in [-0.2, -0.15) is 13.2 Å². The van der Waals surface area contributed by atoms with Crippen LogP contribution in [0.2, 0.25) is 0 Å². The van der Waals surface area contributed by atoms with Gasteiger partial charge in [-0.05, 0) is 47.4 Å². The number of rotatable bonds is 7. The summed E-state index contributed by atoms with van der Waals surface area (Å²) in [5.41, 5.74) is 1.26. The highest BCUT2D eigenvalue weighted by atomic mass is 19.4. The molecule has 0 aliphatic rings. The smallest absolute Gasteiger partial charge is 0.405 e. The highest BCUT2D eigenvalue weighted by Crippen LogP contribution is 2.24. The monoisotopic (exact) mass is 415 g/mol. The Balaban J connectivity index is 1.72. The average Bonchev–Trinajstić information content (AvgIpc) is 2.74. The second kappa shape index (κ2) is 9.43. The first-order valence-electron chi connectivity index (χ1n) is 9.43. The minimum Gasteiger partial charge on any atom is -0.462 e. The number of carbonyl (C=O) groups is 2. The van der Waals surface area contributed by atoms with Crippen molar-refractivity contribution >= 4 is 22.6 Å². The normalized spacial score (nSPS) is 11.3. The van der Waals surface area contributed by atoms with E-state index >= 15 is 0 Å². The number of hydrogen-bond acceptors (Lipinski definition) is 3. The van der Waals surface area contributed by atoms with E-state index in [4.69, 9.17) is 4.74 Å². The molecule has 7 heteroatoms. The molecule has 0 aliphatic carbocycles. The van der Waals surface area contributed by atoms with E-state index in [-0.39, 0.29) is 12.2 Å². The first-order chi connectivity index (χ1) is 14.3. The maximum Gasteiger partial charge on any atom is 0.405 e. The first-order valence-corrected chi connectivity index (χ1v) is 9.43. The fourth-order valence-corrected chi connectivity index (χ4v) is 3.17. The number of esters is 1. The molecule has 1 N–H and O–H groups in total. The Bertz CT molecular complexity index is 1030. The summed E-state index contributed by atoms with van der Waals surface area (Å²) in [6.07, 6.45) is -3.69. The van der Waals surface area contributed by atoms with Crippen LogP contribution in [0.3, 0.4) is 0 Å². The molecule has 0 fully saturated rings. The molecule has 0 spiro atoms. The molecular weight excluding hydrogens is 395 g/mol. The zero-order chi connectivity index (χ0) is 21.6. The summed E-state index contributed by atoms with van der Waals surface area (Å²) in [5, 5.41) is 3.58. The molecule has 0 heterocycles. The molecule has 1 amide bonds. The van der Waals surface area contributed by atoms with E-state index in [2.05, 4.69) is 0 Å². The van der Waals surface area contributed by atoms with Crippen molar-refractivity contribution in [1.29, 1.82) is 0 Å².